The van der Waals surface area contributed by atoms with Crippen molar-refractivity contribution in [3.63, 3.8) is 0 Å². The van der Waals surface area contributed by atoms with E-state index in [1.54, 1.807) is 11.8 Å². The first-order valence-corrected chi connectivity index (χ1v) is 8.84. The topological polar surface area (TPSA) is 41.1 Å². The summed E-state index contributed by atoms with van der Waals surface area (Å²) in [5, 5.41) is 5.70. The number of amides is 2. The van der Waals surface area contributed by atoms with Crippen LogP contribution in [0.15, 0.2) is 83.8 Å². The van der Waals surface area contributed by atoms with E-state index in [1.807, 2.05) is 73.0 Å². The van der Waals surface area contributed by atoms with E-state index in [0.717, 1.165) is 27.4 Å². The lowest BCUT2D eigenvalue weighted by atomic mass is 10.1. The van der Waals surface area contributed by atoms with Crippen molar-refractivity contribution in [2.24, 2.45) is 0 Å². The number of benzene rings is 3. The lowest BCUT2D eigenvalue weighted by Gasteiger charge is -2.09. The van der Waals surface area contributed by atoms with Gasteiger partial charge in [-0.25, -0.2) is 4.79 Å². The minimum Gasteiger partial charge on any atom is -0.308 e. The molecule has 0 heterocycles. The highest BCUT2D eigenvalue weighted by molar-refractivity contribution is 7.98. The Morgan fingerprint density at radius 3 is 2.12 bits per heavy atom. The van der Waals surface area contributed by atoms with Gasteiger partial charge in [-0.15, -0.1) is 11.8 Å². The molecule has 0 saturated carbocycles. The lowest BCUT2D eigenvalue weighted by molar-refractivity contribution is 0.262. The molecule has 4 heteroatoms. The van der Waals surface area contributed by atoms with E-state index in [0.29, 0.717) is 0 Å². The summed E-state index contributed by atoms with van der Waals surface area (Å²) < 4.78 is 0. The second-order valence-electron chi connectivity index (χ2n) is 5.25. The number of rotatable bonds is 4. The molecule has 2 amide bonds. The molecule has 24 heavy (non-hydrogen) atoms. The number of thioether (sulfide) groups is 1. The molecule has 0 radical (unpaired) electrons. The summed E-state index contributed by atoms with van der Waals surface area (Å²) >= 11 is 1.64. The third-order valence-electron chi connectivity index (χ3n) is 3.58. The molecule has 3 aromatic rings. The first kappa shape index (κ1) is 16.1. The van der Waals surface area contributed by atoms with Crippen molar-refractivity contribution in [2.45, 2.75) is 4.90 Å². The van der Waals surface area contributed by atoms with Crippen LogP contribution >= 0.6 is 11.8 Å². The molecule has 0 aliphatic rings. The van der Waals surface area contributed by atoms with Gasteiger partial charge in [0, 0.05) is 16.3 Å². The molecule has 0 aromatic heterocycles. The molecule has 120 valence electrons. The predicted octanol–water partition coefficient (Wildman–Crippen LogP) is 5.72. The number of urea groups is 1. The van der Waals surface area contributed by atoms with Gasteiger partial charge in [0.15, 0.2) is 0 Å². The van der Waals surface area contributed by atoms with Crippen molar-refractivity contribution in [3.05, 3.63) is 78.9 Å². The second kappa shape index (κ2) is 7.70. The van der Waals surface area contributed by atoms with Crippen molar-refractivity contribution >= 4 is 29.2 Å². The summed E-state index contributed by atoms with van der Waals surface area (Å²) in [6, 6.07) is 25.5. The molecule has 3 aromatic carbocycles. The molecule has 2 N–H and O–H groups in total. The third-order valence-corrected chi connectivity index (χ3v) is 4.30. The number of carbonyl (C=O) groups is 1. The van der Waals surface area contributed by atoms with Gasteiger partial charge in [0.1, 0.15) is 0 Å². The average Bonchev–Trinajstić information content (AvgIpc) is 2.63. The zero-order valence-electron chi connectivity index (χ0n) is 13.3. The number of nitrogens with one attached hydrogen (secondary N) is 2. The van der Waals surface area contributed by atoms with Crippen molar-refractivity contribution in [2.75, 3.05) is 16.9 Å². The van der Waals surface area contributed by atoms with Crippen molar-refractivity contribution in [3.8, 4) is 11.1 Å². The van der Waals surface area contributed by atoms with E-state index < -0.39 is 0 Å². The summed E-state index contributed by atoms with van der Waals surface area (Å²) in [6.07, 6.45) is 2.01. The normalized spacial score (nSPS) is 10.2. The number of anilines is 2. The maximum Gasteiger partial charge on any atom is 0.323 e. The maximum absolute atomic E-state index is 12.1. The van der Waals surface area contributed by atoms with Crippen molar-refractivity contribution in [1.82, 2.24) is 0 Å². The van der Waals surface area contributed by atoms with Gasteiger partial charge >= 0.3 is 6.03 Å². The molecule has 0 spiro atoms. The quantitative estimate of drug-likeness (QED) is 0.599. The van der Waals surface area contributed by atoms with Gasteiger partial charge in [-0.3, -0.25) is 0 Å². The van der Waals surface area contributed by atoms with Crippen LogP contribution in [-0.4, -0.2) is 12.3 Å². The molecular formula is C20H18N2OS. The van der Waals surface area contributed by atoms with Crippen LogP contribution in [0.25, 0.3) is 11.1 Å². The zero-order valence-corrected chi connectivity index (χ0v) is 14.1. The molecule has 3 nitrogen and oxygen atoms in total. The van der Waals surface area contributed by atoms with Crippen molar-refractivity contribution in [1.29, 1.82) is 0 Å². The zero-order chi connectivity index (χ0) is 16.8. The van der Waals surface area contributed by atoms with Gasteiger partial charge < -0.3 is 10.6 Å². The second-order valence-corrected chi connectivity index (χ2v) is 6.13. The maximum atomic E-state index is 12.1. The predicted molar refractivity (Wildman–Crippen MR) is 103 cm³/mol. The molecule has 0 aliphatic carbocycles. The molecule has 0 atom stereocenters. The standard InChI is InChI=1S/C20H18N2OS/c1-24-19-9-5-8-18(14-19)22-20(23)21-17-12-10-16(11-13-17)15-6-3-2-4-7-15/h2-14H,1H3,(H2,21,22,23). The van der Waals surface area contributed by atoms with Gasteiger partial charge in [0.25, 0.3) is 0 Å². The number of hydrogen-bond donors (Lipinski definition) is 2. The fraction of sp³-hybridized carbons (Fsp3) is 0.0500. The van der Waals surface area contributed by atoms with Crippen LogP contribution in [0.2, 0.25) is 0 Å². The van der Waals surface area contributed by atoms with Crippen LogP contribution in [0.1, 0.15) is 0 Å². The Balaban J connectivity index is 1.64. The van der Waals surface area contributed by atoms with Crippen LogP contribution in [0.3, 0.4) is 0 Å². The average molecular weight is 334 g/mol. The van der Waals surface area contributed by atoms with E-state index in [2.05, 4.69) is 22.8 Å². The Bertz CT molecular complexity index is 817. The van der Waals surface area contributed by atoms with E-state index in [9.17, 15) is 4.79 Å². The fourth-order valence-electron chi connectivity index (χ4n) is 2.37. The molecule has 0 unspecified atom stereocenters. The summed E-state index contributed by atoms with van der Waals surface area (Å²) in [6.45, 7) is 0. The van der Waals surface area contributed by atoms with Crippen LogP contribution in [0.5, 0.6) is 0 Å². The molecule has 3 rings (SSSR count). The van der Waals surface area contributed by atoms with Gasteiger partial charge in [0.2, 0.25) is 0 Å². The van der Waals surface area contributed by atoms with E-state index in [-0.39, 0.29) is 6.03 Å². The minimum absolute atomic E-state index is 0.249. The van der Waals surface area contributed by atoms with Crippen LogP contribution in [0, 0.1) is 0 Å². The van der Waals surface area contributed by atoms with E-state index in [1.165, 1.54) is 0 Å². The molecule has 0 aliphatic heterocycles. The highest BCUT2D eigenvalue weighted by Crippen LogP contribution is 2.22. The van der Waals surface area contributed by atoms with Gasteiger partial charge in [-0.2, -0.15) is 0 Å². The van der Waals surface area contributed by atoms with Crippen LogP contribution in [-0.2, 0) is 0 Å². The fourth-order valence-corrected chi connectivity index (χ4v) is 2.83. The highest BCUT2D eigenvalue weighted by atomic mass is 32.2. The van der Waals surface area contributed by atoms with Crippen LogP contribution < -0.4 is 10.6 Å². The SMILES string of the molecule is CSc1cccc(NC(=O)Nc2ccc(-c3ccccc3)cc2)c1. The lowest BCUT2D eigenvalue weighted by Crippen LogP contribution is -2.19. The monoisotopic (exact) mass is 334 g/mol. The molecule has 0 saturated heterocycles. The van der Waals surface area contributed by atoms with Crippen LogP contribution in [0.4, 0.5) is 16.2 Å². The molecule has 0 bridgehead atoms. The van der Waals surface area contributed by atoms with E-state index in [4.69, 9.17) is 0 Å². The number of carbonyl (C=O) groups excluding carboxylic acids is 1. The first-order valence-electron chi connectivity index (χ1n) is 7.62. The molecular weight excluding hydrogens is 316 g/mol. The highest BCUT2D eigenvalue weighted by Gasteiger charge is 2.04. The Morgan fingerprint density at radius 1 is 0.750 bits per heavy atom. The summed E-state index contributed by atoms with van der Waals surface area (Å²) in [4.78, 5) is 13.2. The minimum atomic E-state index is -0.249. The Hall–Kier alpha value is -2.72. The smallest absolute Gasteiger partial charge is 0.308 e. The van der Waals surface area contributed by atoms with Gasteiger partial charge in [0.05, 0.1) is 0 Å². The summed E-state index contributed by atoms with van der Waals surface area (Å²) in [5.41, 5.74) is 3.81. The van der Waals surface area contributed by atoms with E-state index >= 15 is 0 Å². The number of hydrogen-bond acceptors (Lipinski definition) is 2. The van der Waals surface area contributed by atoms with Crippen molar-refractivity contribution < 1.29 is 4.79 Å². The Kier molecular flexibility index (Phi) is 5.18. The largest absolute Gasteiger partial charge is 0.323 e. The Labute approximate surface area is 146 Å². The summed E-state index contributed by atoms with van der Waals surface area (Å²) in [5.74, 6) is 0. The first-order chi connectivity index (χ1) is 11.7. The third kappa shape index (κ3) is 4.18. The summed E-state index contributed by atoms with van der Waals surface area (Å²) in [7, 11) is 0. The Morgan fingerprint density at radius 2 is 1.42 bits per heavy atom. The van der Waals surface area contributed by atoms with Gasteiger partial charge in [-0.05, 0) is 47.7 Å². The van der Waals surface area contributed by atoms with Gasteiger partial charge in [-0.1, -0.05) is 48.5 Å². The molecule has 0 fully saturated rings.